The maximum Gasteiger partial charge on any atom is 0.225 e. The molecule has 1 aromatic carbocycles. The number of para-hydroxylation sites is 1. The van der Waals surface area contributed by atoms with Crippen LogP contribution in [-0.2, 0) is 16.9 Å². The van der Waals surface area contributed by atoms with Gasteiger partial charge in [0.1, 0.15) is 29.2 Å². The SMILES string of the molecule is OC1CCN(c2ncc(-c3ccc4nc5n(c4n3)C3(CCOc4ccccc43)COC5)cn2)C1. The van der Waals surface area contributed by atoms with Gasteiger partial charge in [-0.3, -0.25) is 4.57 Å². The number of pyridine rings is 1. The maximum absolute atomic E-state index is 9.80. The van der Waals surface area contributed by atoms with Crippen molar-refractivity contribution in [3.05, 3.63) is 60.2 Å². The molecule has 4 aromatic rings. The van der Waals surface area contributed by atoms with Crippen LogP contribution in [0.25, 0.3) is 22.4 Å². The van der Waals surface area contributed by atoms with Gasteiger partial charge in [0.2, 0.25) is 5.95 Å². The number of anilines is 1. The minimum atomic E-state index is -0.403. The average molecular weight is 457 g/mol. The second-order valence-corrected chi connectivity index (χ2v) is 9.18. The molecular weight excluding hydrogens is 432 g/mol. The summed E-state index contributed by atoms with van der Waals surface area (Å²) in [5.74, 6) is 2.40. The van der Waals surface area contributed by atoms with Gasteiger partial charge in [0, 0.05) is 43.0 Å². The van der Waals surface area contributed by atoms with Crippen molar-refractivity contribution in [1.82, 2.24) is 24.5 Å². The van der Waals surface area contributed by atoms with E-state index in [1.54, 1.807) is 12.4 Å². The average Bonchev–Trinajstić information content (AvgIpc) is 3.48. The Kier molecular flexibility index (Phi) is 4.37. The molecule has 0 bridgehead atoms. The maximum atomic E-state index is 9.80. The normalized spacial score (nSPS) is 23.7. The predicted molar refractivity (Wildman–Crippen MR) is 125 cm³/mol. The first kappa shape index (κ1) is 19.9. The van der Waals surface area contributed by atoms with E-state index in [2.05, 4.69) is 20.6 Å². The summed E-state index contributed by atoms with van der Waals surface area (Å²) in [5.41, 5.74) is 4.02. The number of aromatic nitrogens is 5. The van der Waals surface area contributed by atoms with E-state index in [1.165, 1.54) is 0 Å². The number of hydrogen-bond donors (Lipinski definition) is 1. The first-order valence-corrected chi connectivity index (χ1v) is 11.7. The zero-order valence-electron chi connectivity index (χ0n) is 18.6. The summed E-state index contributed by atoms with van der Waals surface area (Å²) in [5, 5.41) is 9.80. The largest absolute Gasteiger partial charge is 0.493 e. The van der Waals surface area contributed by atoms with E-state index >= 15 is 0 Å². The molecule has 9 heteroatoms. The molecule has 172 valence electrons. The molecule has 3 aliphatic heterocycles. The molecule has 34 heavy (non-hydrogen) atoms. The van der Waals surface area contributed by atoms with Crippen LogP contribution >= 0.6 is 0 Å². The quantitative estimate of drug-likeness (QED) is 0.491. The number of imidazole rings is 1. The summed E-state index contributed by atoms with van der Waals surface area (Å²) < 4.78 is 14.3. The van der Waals surface area contributed by atoms with E-state index in [1.807, 2.05) is 35.2 Å². The molecule has 3 aliphatic rings. The minimum absolute atomic E-state index is 0.313. The van der Waals surface area contributed by atoms with Crippen LogP contribution < -0.4 is 9.64 Å². The van der Waals surface area contributed by atoms with Crippen LogP contribution in [0.4, 0.5) is 5.95 Å². The van der Waals surface area contributed by atoms with Gasteiger partial charge in [0.15, 0.2) is 5.65 Å². The topological polar surface area (TPSA) is 98.4 Å². The summed E-state index contributed by atoms with van der Waals surface area (Å²) in [6.07, 6.45) is 4.82. The second-order valence-electron chi connectivity index (χ2n) is 9.18. The summed E-state index contributed by atoms with van der Waals surface area (Å²) in [7, 11) is 0. The summed E-state index contributed by atoms with van der Waals surface area (Å²) in [6, 6.07) is 12.1. The molecule has 2 unspecified atom stereocenters. The molecule has 9 nitrogen and oxygen atoms in total. The van der Waals surface area contributed by atoms with Crippen molar-refractivity contribution in [2.24, 2.45) is 0 Å². The Morgan fingerprint density at radius 3 is 2.79 bits per heavy atom. The van der Waals surface area contributed by atoms with Gasteiger partial charge in [-0.25, -0.2) is 19.9 Å². The minimum Gasteiger partial charge on any atom is -0.493 e. The molecule has 0 aliphatic carbocycles. The molecule has 1 fully saturated rings. The van der Waals surface area contributed by atoms with E-state index in [0.29, 0.717) is 32.3 Å². The number of β-amino-alcohol motifs (C(OH)–C–C–N with tert-alkyl or cyclic N) is 1. The summed E-state index contributed by atoms with van der Waals surface area (Å²) in [4.78, 5) is 21.0. The highest BCUT2D eigenvalue weighted by Gasteiger charge is 2.45. The van der Waals surface area contributed by atoms with Gasteiger partial charge in [-0.05, 0) is 24.6 Å². The van der Waals surface area contributed by atoms with Gasteiger partial charge < -0.3 is 19.5 Å². The predicted octanol–water partition coefficient (Wildman–Crippen LogP) is 2.52. The van der Waals surface area contributed by atoms with Gasteiger partial charge in [-0.1, -0.05) is 18.2 Å². The number of benzene rings is 1. The molecule has 2 atom stereocenters. The van der Waals surface area contributed by atoms with Gasteiger partial charge in [0.05, 0.1) is 25.0 Å². The highest BCUT2D eigenvalue weighted by atomic mass is 16.5. The van der Waals surface area contributed by atoms with Gasteiger partial charge in [-0.15, -0.1) is 0 Å². The zero-order chi connectivity index (χ0) is 22.7. The number of aliphatic hydroxyl groups is 1. The Hall–Kier alpha value is -3.56. The molecule has 0 amide bonds. The monoisotopic (exact) mass is 456 g/mol. The fraction of sp³-hybridized carbons (Fsp3) is 0.360. The Morgan fingerprint density at radius 1 is 1.06 bits per heavy atom. The zero-order valence-corrected chi connectivity index (χ0v) is 18.6. The Balaban J connectivity index is 1.33. The number of ether oxygens (including phenoxy) is 2. The molecule has 6 heterocycles. The van der Waals surface area contributed by atoms with E-state index < -0.39 is 5.54 Å². The third kappa shape index (κ3) is 2.93. The second kappa shape index (κ2) is 7.48. The lowest BCUT2D eigenvalue weighted by Crippen LogP contribution is -2.47. The van der Waals surface area contributed by atoms with Crippen LogP contribution in [0.5, 0.6) is 5.75 Å². The Labute approximate surface area is 196 Å². The van der Waals surface area contributed by atoms with Crippen LogP contribution in [0.15, 0.2) is 48.8 Å². The Bertz CT molecular complexity index is 1380. The van der Waals surface area contributed by atoms with Crippen molar-refractivity contribution in [3.63, 3.8) is 0 Å². The molecule has 0 radical (unpaired) electrons. The molecule has 0 saturated carbocycles. The van der Waals surface area contributed by atoms with Crippen molar-refractivity contribution < 1.29 is 14.6 Å². The standard InChI is InChI=1S/C25H24N6O3/c32-17-7-9-30(13-17)24-26-11-16(12-27-24)19-5-6-20-23(29-19)31-22(28-20)14-33-15-25(31)8-10-34-21-4-2-1-3-18(21)25/h1-6,11-12,17,32H,7-10,13-15H2. The molecular formula is C25H24N6O3. The van der Waals surface area contributed by atoms with Crippen LogP contribution in [0, 0.1) is 0 Å². The smallest absolute Gasteiger partial charge is 0.225 e. The van der Waals surface area contributed by atoms with Crippen molar-refractivity contribution >= 4 is 17.1 Å². The van der Waals surface area contributed by atoms with E-state index in [9.17, 15) is 5.11 Å². The van der Waals surface area contributed by atoms with Crippen LogP contribution in [0.3, 0.4) is 0 Å². The molecule has 1 saturated heterocycles. The number of nitrogens with zero attached hydrogens (tertiary/aromatic N) is 6. The lowest BCUT2D eigenvalue weighted by molar-refractivity contribution is 0.00399. The molecule has 1 spiro atoms. The molecule has 1 N–H and O–H groups in total. The van der Waals surface area contributed by atoms with Crippen molar-refractivity contribution in [2.75, 3.05) is 31.2 Å². The fourth-order valence-electron chi connectivity index (χ4n) is 5.45. The Morgan fingerprint density at radius 2 is 1.94 bits per heavy atom. The third-order valence-electron chi connectivity index (χ3n) is 7.12. The van der Waals surface area contributed by atoms with Gasteiger partial charge in [0.25, 0.3) is 0 Å². The lowest BCUT2D eigenvalue weighted by Gasteiger charge is -2.43. The lowest BCUT2D eigenvalue weighted by atomic mass is 9.84. The van der Waals surface area contributed by atoms with Gasteiger partial charge >= 0.3 is 0 Å². The summed E-state index contributed by atoms with van der Waals surface area (Å²) >= 11 is 0. The van der Waals surface area contributed by atoms with Gasteiger partial charge in [-0.2, -0.15) is 0 Å². The van der Waals surface area contributed by atoms with Crippen molar-refractivity contribution in [1.29, 1.82) is 0 Å². The molecule has 3 aromatic heterocycles. The highest BCUT2D eigenvalue weighted by Crippen LogP contribution is 2.44. The third-order valence-corrected chi connectivity index (χ3v) is 7.12. The van der Waals surface area contributed by atoms with E-state index in [0.717, 1.165) is 58.9 Å². The first-order chi connectivity index (χ1) is 16.7. The summed E-state index contributed by atoms with van der Waals surface area (Å²) in [6.45, 7) is 2.95. The van der Waals surface area contributed by atoms with E-state index in [-0.39, 0.29) is 6.10 Å². The van der Waals surface area contributed by atoms with Crippen LogP contribution in [-0.4, -0.2) is 62.0 Å². The number of fused-ring (bicyclic) bond motifs is 6. The number of hydrogen-bond acceptors (Lipinski definition) is 8. The van der Waals surface area contributed by atoms with Crippen molar-refractivity contribution in [2.45, 2.75) is 31.1 Å². The highest BCUT2D eigenvalue weighted by molar-refractivity contribution is 5.77. The van der Waals surface area contributed by atoms with Crippen molar-refractivity contribution in [3.8, 4) is 17.0 Å². The van der Waals surface area contributed by atoms with E-state index in [4.69, 9.17) is 19.4 Å². The molecule has 7 rings (SSSR count). The fourth-order valence-corrected chi connectivity index (χ4v) is 5.45. The van der Waals surface area contributed by atoms with Crippen LogP contribution in [0.1, 0.15) is 24.2 Å². The van der Waals surface area contributed by atoms with Crippen LogP contribution in [0.2, 0.25) is 0 Å². The number of aliphatic hydroxyl groups excluding tert-OH is 1. The first-order valence-electron chi connectivity index (χ1n) is 11.7. The number of rotatable bonds is 2.